The molecule has 0 aromatic carbocycles. The lowest BCUT2D eigenvalue weighted by atomic mass is 9.86. The highest BCUT2D eigenvalue weighted by molar-refractivity contribution is 6.31. The predicted molar refractivity (Wildman–Crippen MR) is 85.2 cm³/mol. The second-order valence-corrected chi connectivity index (χ2v) is 6.83. The summed E-state index contributed by atoms with van der Waals surface area (Å²) in [5, 5.41) is 5.45. The minimum absolute atomic E-state index is 0.105. The van der Waals surface area contributed by atoms with Gasteiger partial charge in [-0.15, -0.1) is 0 Å². The fourth-order valence-corrected chi connectivity index (χ4v) is 3.64. The average molecular weight is 298 g/mol. The Kier molecular flexibility index (Phi) is 5.14. The maximum absolute atomic E-state index is 6.70. The molecule has 0 radical (unpaired) electrons. The Morgan fingerprint density at radius 3 is 2.75 bits per heavy atom. The quantitative estimate of drug-likeness (QED) is 0.855. The second kappa shape index (κ2) is 6.48. The predicted octanol–water partition coefficient (Wildman–Crippen LogP) is 3.96. The summed E-state index contributed by atoms with van der Waals surface area (Å²) < 4.78 is 2.05. The summed E-state index contributed by atoms with van der Waals surface area (Å²) in [6.07, 6.45) is 7.71. The van der Waals surface area contributed by atoms with Crippen LogP contribution in [0.3, 0.4) is 0 Å². The summed E-state index contributed by atoms with van der Waals surface area (Å²) in [5.74, 6) is 0.804. The average Bonchev–Trinajstić information content (AvgIpc) is 2.61. The molecule has 1 fully saturated rings. The number of halogens is 1. The van der Waals surface area contributed by atoms with E-state index in [1.807, 2.05) is 4.68 Å². The van der Waals surface area contributed by atoms with Crippen LogP contribution in [0.15, 0.2) is 0 Å². The van der Waals surface area contributed by atoms with Crippen LogP contribution in [0.2, 0.25) is 5.02 Å². The van der Waals surface area contributed by atoms with Crippen molar-refractivity contribution < 1.29 is 0 Å². The smallest absolute Gasteiger partial charge is 0.0850 e. The first-order chi connectivity index (χ1) is 9.49. The molecule has 1 heterocycles. The number of aromatic nitrogens is 2. The molecule has 3 nitrogen and oxygen atoms in total. The fourth-order valence-electron chi connectivity index (χ4n) is 3.30. The molecule has 0 amide bonds. The van der Waals surface area contributed by atoms with E-state index in [1.165, 1.54) is 19.3 Å². The van der Waals surface area contributed by atoms with Crippen molar-refractivity contribution in [1.82, 2.24) is 9.78 Å². The highest BCUT2D eigenvalue weighted by Crippen LogP contribution is 2.33. The van der Waals surface area contributed by atoms with Crippen LogP contribution in [0.4, 0.5) is 0 Å². The molecule has 1 aliphatic rings. The molecular formula is C16H28ClN3. The third-order valence-electron chi connectivity index (χ3n) is 4.72. The van der Waals surface area contributed by atoms with E-state index < -0.39 is 0 Å². The molecule has 2 unspecified atom stereocenters. The summed E-state index contributed by atoms with van der Waals surface area (Å²) in [5.41, 5.74) is 8.74. The second-order valence-electron chi connectivity index (χ2n) is 6.45. The molecule has 0 aliphatic heterocycles. The molecule has 4 heteroatoms. The van der Waals surface area contributed by atoms with Crippen molar-refractivity contribution >= 4 is 11.6 Å². The zero-order valence-corrected chi connectivity index (χ0v) is 13.8. The molecule has 2 rings (SSSR count). The lowest BCUT2D eigenvalue weighted by Gasteiger charge is -2.28. The molecular weight excluding hydrogens is 270 g/mol. The summed E-state index contributed by atoms with van der Waals surface area (Å²) >= 11 is 6.52. The minimum Gasteiger partial charge on any atom is -0.325 e. The van der Waals surface area contributed by atoms with E-state index in [-0.39, 0.29) is 5.54 Å². The Morgan fingerprint density at radius 1 is 1.35 bits per heavy atom. The van der Waals surface area contributed by atoms with E-state index in [0.29, 0.717) is 0 Å². The molecule has 0 bridgehead atoms. The van der Waals surface area contributed by atoms with Gasteiger partial charge >= 0.3 is 0 Å². The number of nitrogens with zero attached hydrogens (tertiary/aromatic N) is 2. The molecule has 2 N–H and O–H groups in total. The van der Waals surface area contributed by atoms with Gasteiger partial charge in [-0.05, 0) is 38.5 Å². The molecule has 1 aromatic heterocycles. The summed E-state index contributed by atoms with van der Waals surface area (Å²) in [4.78, 5) is 0. The molecule has 20 heavy (non-hydrogen) atoms. The van der Waals surface area contributed by atoms with Crippen LogP contribution in [-0.2, 0) is 19.4 Å². The van der Waals surface area contributed by atoms with Gasteiger partial charge in [0.15, 0.2) is 0 Å². The van der Waals surface area contributed by atoms with Crippen molar-refractivity contribution in [2.24, 2.45) is 11.7 Å². The minimum atomic E-state index is -0.105. The van der Waals surface area contributed by atoms with Crippen molar-refractivity contribution in [3.05, 3.63) is 16.4 Å². The van der Waals surface area contributed by atoms with Crippen LogP contribution < -0.4 is 5.73 Å². The van der Waals surface area contributed by atoms with E-state index in [9.17, 15) is 0 Å². The van der Waals surface area contributed by atoms with Gasteiger partial charge in [-0.25, -0.2) is 0 Å². The lowest BCUT2D eigenvalue weighted by Crippen LogP contribution is -2.42. The van der Waals surface area contributed by atoms with Gasteiger partial charge in [0.05, 0.1) is 16.4 Å². The van der Waals surface area contributed by atoms with Gasteiger partial charge in [-0.2, -0.15) is 5.10 Å². The maximum Gasteiger partial charge on any atom is 0.0850 e. The van der Waals surface area contributed by atoms with Gasteiger partial charge in [0, 0.05) is 18.5 Å². The Bertz CT molecular complexity index is 455. The molecule has 1 aliphatic carbocycles. The van der Waals surface area contributed by atoms with E-state index in [4.69, 9.17) is 17.3 Å². The number of aryl methyl sites for hydroxylation is 2. The number of nitrogens with two attached hydrogens (primary N) is 1. The largest absolute Gasteiger partial charge is 0.325 e. The highest BCUT2D eigenvalue weighted by Gasteiger charge is 2.31. The Balaban J connectivity index is 2.21. The molecule has 0 spiro atoms. The van der Waals surface area contributed by atoms with Crippen molar-refractivity contribution in [2.75, 3.05) is 0 Å². The van der Waals surface area contributed by atoms with E-state index in [2.05, 4.69) is 25.9 Å². The van der Waals surface area contributed by atoms with Gasteiger partial charge in [0.2, 0.25) is 0 Å². The first kappa shape index (κ1) is 15.8. The molecule has 1 saturated carbocycles. The Morgan fingerprint density at radius 2 is 2.10 bits per heavy atom. The molecule has 0 saturated heterocycles. The standard InChI is InChI=1S/C16H28ClN3/c1-4-13-15(17)14(20(5-2)19-13)11-16(18)9-6-7-12(3)8-10-16/h12H,4-11,18H2,1-3H3. The van der Waals surface area contributed by atoms with Crippen LogP contribution in [0.5, 0.6) is 0 Å². The Labute approximate surface area is 127 Å². The van der Waals surface area contributed by atoms with Gasteiger partial charge in [0.1, 0.15) is 0 Å². The number of rotatable bonds is 4. The van der Waals surface area contributed by atoms with E-state index in [0.717, 1.165) is 54.6 Å². The van der Waals surface area contributed by atoms with Crippen LogP contribution in [0.1, 0.15) is 64.3 Å². The van der Waals surface area contributed by atoms with Crippen LogP contribution in [0, 0.1) is 5.92 Å². The van der Waals surface area contributed by atoms with Crippen molar-refractivity contribution in [3.8, 4) is 0 Å². The zero-order valence-electron chi connectivity index (χ0n) is 13.1. The number of hydrogen-bond donors (Lipinski definition) is 1. The molecule has 1 aromatic rings. The first-order valence-electron chi connectivity index (χ1n) is 8.02. The van der Waals surface area contributed by atoms with E-state index >= 15 is 0 Å². The van der Waals surface area contributed by atoms with Crippen molar-refractivity contribution in [3.63, 3.8) is 0 Å². The van der Waals surface area contributed by atoms with Gasteiger partial charge < -0.3 is 5.73 Å². The summed E-state index contributed by atoms with van der Waals surface area (Å²) in [6, 6.07) is 0. The monoisotopic (exact) mass is 297 g/mol. The van der Waals surface area contributed by atoms with Gasteiger partial charge in [-0.3, -0.25) is 4.68 Å². The molecule has 114 valence electrons. The van der Waals surface area contributed by atoms with Crippen LogP contribution in [-0.4, -0.2) is 15.3 Å². The maximum atomic E-state index is 6.70. The summed E-state index contributed by atoms with van der Waals surface area (Å²) in [7, 11) is 0. The van der Waals surface area contributed by atoms with Crippen molar-refractivity contribution in [1.29, 1.82) is 0 Å². The fraction of sp³-hybridized carbons (Fsp3) is 0.812. The third kappa shape index (κ3) is 3.37. The van der Waals surface area contributed by atoms with Gasteiger partial charge in [0.25, 0.3) is 0 Å². The van der Waals surface area contributed by atoms with Crippen LogP contribution >= 0.6 is 11.6 Å². The van der Waals surface area contributed by atoms with Crippen LogP contribution in [0.25, 0.3) is 0 Å². The highest BCUT2D eigenvalue weighted by atomic mass is 35.5. The Hall–Kier alpha value is -0.540. The van der Waals surface area contributed by atoms with Crippen molar-refractivity contribution in [2.45, 2.75) is 77.8 Å². The van der Waals surface area contributed by atoms with E-state index in [1.54, 1.807) is 0 Å². The number of hydrogen-bond acceptors (Lipinski definition) is 2. The zero-order chi connectivity index (χ0) is 14.8. The van der Waals surface area contributed by atoms with Gasteiger partial charge in [-0.1, -0.05) is 38.3 Å². The lowest BCUT2D eigenvalue weighted by molar-refractivity contribution is 0.353. The molecule has 2 atom stereocenters. The third-order valence-corrected chi connectivity index (χ3v) is 5.16. The normalized spacial score (nSPS) is 27.6. The topological polar surface area (TPSA) is 43.8 Å². The first-order valence-corrected chi connectivity index (χ1v) is 8.39. The SMILES string of the molecule is CCc1nn(CC)c(CC2(N)CCCC(C)CC2)c1Cl. The summed E-state index contributed by atoms with van der Waals surface area (Å²) in [6.45, 7) is 7.42.